The summed E-state index contributed by atoms with van der Waals surface area (Å²) >= 11 is 0. The topological polar surface area (TPSA) is 84.0 Å². The molecule has 1 aliphatic heterocycles. The summed E-state index contributed by atoms with van der Waals surface area (Å²) in [5.41, 5.74) is 2.37. The zero-order valence-corrected chi connectivity index (χ0v) is 19.2. The average Bonchev–Trinajstić information content (AvgIpc) is 3.54. The van der Waals surface area contributed by atoms with E-state index in [-0.39, 0.29) is 5.82 Å². The molecule has 34 heavy (non-hydrogen) atoms. The van der Waals surface area contributed by atoms with E-state index in [0.717, 1.165) is 37.4 Å². The van der Waals surface area contributed by atoms with Gasteiger partial charge in [0, 0.05) is 57.6 Å². The molecule has 1 aliphatic rings. The molecule has 4 aromatic rings. The number of piperazine rings is 1. The first-order valence-corrected chi connectivity index (χ1v) is 11.5. The van der Waals surface area contributed by atoms with Gasteiger partial charge in [0.2, 0.25) is 11.8 Å². The van der Waals surface area contributed by atoms with Crippen LogP contribution in [0.3, 0.4) is 0 Å². The van der Waals surface area contributed by atoms with E-state index in [2.05, 4.69) is 25.2 Å². The van der Waals surface area contributed by atoms with E-state index in [9.17, 15) is 4.39 Å². The summed E-state index contributed by atoms with van der Waals surface area (Å²) in [6.07, 6.45) is 3.46. The van der Waals surface area contributed by atoms with E-state index in [1.807, 2.05) is 37.4 Å². The van der Waals surface area contributed by atoms with Crippen LogP contribution in [0, 0.1) is 5.82 Å². The molecule has 1 N–H and O–H groups in total. The number of fused-ring (bicyclic) bond motifs is 1. The Hall–Kier alpha value is -3.50. The number of furan rings is 1. The number of ether oxygens (including phenoxy) is 1. The molecule has 0 bridgehead atoms. The second-order valence-electron chi connectivity index (χ2n) is 8.09. The predicted octanol–water partition coefficient (Wildman–Crippen LogP) is 3.29. The second-order valence-corrected chi connectivity index (χ2v) is 8.09. The number of aromatic nitrogens is 4. The van der Waals surface area contributed by atoms with Gasteiger partial charge < -0.3 is 19.4 Å². The van der Waals surface area contributed by atoms with Crippen molar-refractivity contribution in [3.8, 4) is 11.6 Å². The number of nitrogens with zero attached hydrogens (tertiary/aromatic N) is 6. The molecule has 178 valence electrons. The SMILES string of the molecule is CCOCCNc1ncc(CN2CCN(c3ccccc3F)CC2)c2nc(-c3ccco3)nn12. The summed E-state index contributed by atoms with van der Waals surface area (Å²) in [5, 5.41) is 7.93. The van der Waals surface area contributed by atoms with Crippen LogP contribution in [-0.4, -0.2) is 70.4 Å². The number of benzene rings is 1. The number of anilines is 2. The van der Waals surface area contributed by atoms with E-state index in [1.54, 1.807) is 16.8 Å². The standard InChI is InChI=1S/C24H28FN7O2/c1-2-33-15-9-26-24-27-16-18(23-28-22(29-32(23)24)21-8-5-14-34-21)17-30-10-12-31(13-11-30)20-7-4-3-6-19(20)25/h3-8,14,16H,2,9-13,15,17H2,1H3,(H,26,27). The highest BCUT2D eigenvalue weighted by Crippen LogP contribution is 2.23. The van der Waals surface area contributed by atoms with Gasteiger partial charge in [0.15, 0.2) is 11.4 Å². The summed E-state index contributed by atoms with van der Waals surface area (Å²) in [4.78, 5) is 13.8. The van der Waals surface area contributed by atoms with Gasteiger partial charge in [-0.15, -0.1) is 5.10 Å². The number of para-hydroxylation sites is 1. The zero-order valence-electron chi connectivity index (χ0n) is 19.2. The van der Waals surface area contributed by atoms with Gasteiger partial charge in [0.25, 0.3) is 0 Å². The third kappa shape index (κ3) is 4.73. The van der Waals surface area contributed by atoms with Crippen LogP contribution in [-0.2, 0) is 11.3 Å². The Labute approximate surface area is 197 Å². The largest absolute Gasteiger partial charge is 0.461 e. The molecular weight excluding hydrogens is 437 g/mol. The Morgan fingerprint density at radius 1 is 1.12 bits per heavy atom. The van der Waals surface area contributed by atoms with Gasteiger partial charge in [0.1, 0.15) is 5.82 Å². The van der Waals surface area contributed by atoms with Crippen molar-refractivity contribution in [3.05, 3.63) is 60.2 Å². The summed E-state index contributed by atoms with van der Waals surface area (Å²) in [5.74, 6) is 1.54. The normalized spacial score (nSPS) is 14.7. The molecule has 0 amide bonds. The molecule has 5 rings (SSSR count). The summed E-state index contributed by atoms with van der Waals surface area (Å²) in [6, 6.07) is 10.6. The molecule has 0 atom stereocenters. The molecule has 0 aliphatic carbocycles. The molecular formula is C24H28FN7O2. The lowest BCUT2D eigenvalue weighted by Crippen LogP contribution is -2.46. The van der Waals surface area contributed by atoms with Crippen molar-refractivity contribution in [3.63, 3.8) is 0 Å². The maximum Gasteiger partial charge on any atom is 0.225 e. The molecule has 1 fully saturated rings. The fourth-order valence-electron chi connectivity index (χ4n) is 4.14. The molecule has 0 spiro atoms. The smallest absolute Gasteiger partial charge is 0.225 e. The van der Waals surface area contributed by atoms with Gasteiger partial charge in [-0.05, 0) is 31.2 Å². The monoisotopic (exact) mass is 465 g/mol. The minimum atomic E-state index is -0.178. The number of rotatable bonds is 9. The highest BCUT2D eigenvalue weighted by Gasteiger charge is 2.22. The predicted molar refractivity (Wildman–Crippen MR) is 127 cm³/mol. The fraction of sp³-hybridized carbons (Fsp3) is 0.375. The minimum Gasteiger partial charge on any atom is -0.461 e. The third-order valence-corrected chi connectivity index (χ3v) is 5.87. The van der Waals surface area contributed by atoms with E-state index in [4.69, 9.17) is 14.1 Å². The molecule has 0 saturated carbocycles. The molecule has 0 unspecified atom stereocenters. The highest BCUT2D eigenvalue weighted by atomic mass is 19.1. The van der Waals surface area contributed by atoms with Crippen LogP contribution in [0.15, 0.2) is 53.3 Å². The maximum atomic E-state index is 14.2. The van der Waals surface area contributed by atoms with Gasteiger partial charge in [-0.1, -0.05) is 12.1 Å². The van der Waals surface area contributed by atoms with Crippen LogP contribution >= 0.6 is 0 Å². The molecule has 0 radical (unpaired) electrons. The van der Waals surface area contributed by atoms with Gasteiger partial charge >= 0.3 is 0 Å². The lowest BCUT2D eigenvalue weighted by molar-refractivity contribution is 0.158. The quantitative estimate of drug-likeness (QED) is 0.377. The van der Waals surface area contributed by atoms with Crippen LogP contribution in [0.1, 0.15) is 12.5 Å². The molecule has 1 saturated heterocycles. The number of halogens is 1. The Bertz CT molecular complexity index is 1220. The Balaban J connectivity index is 1.34. The van der Waals surface area contributed by atoms with Crippen molar-refractivity contribution in [2.45, 2.75) is 13.5 Å². The van der Waals surface area contributed by atoms with Crippen molar-refractivity contribution in [1.29, 1.82) is 0 Å². The summed E-state index contributed by atoms with van der Waals surface area (Å²) < 4.78 is 26.8. The minimum absolute atomic E-state index is 0.178. The van der Waals surface area contributed by atoms with Gasteiger partial charge in [-0.3, -0.25) is 4.90 Å². The third-order valence-electron chi connectivity index (χ3n) is 5.87. The molecule has 9 nitrogen and oxygen atoms in total. The Kier molecular flexibility index (Phi) is 6.68. The van der Waals surface area contributed by atoms with Gasteiger partial charge in [-0.25, -0.2) is 14.4 Å². The number of nitrogens with one attached hydrogen (secondary N) is 1. The molecule has 4 heterocycles. The lowest BCUT2D eigenvalue weighted by Gasteiger charge is -2.36. The molecule has 3 aromatic heterocycles. The zero-order chi connectivity index (χ0) is 23.3. The molecule has 10 heteroatoms. The van der Waals surface area contributed by atoms with Crippen LogP contribution in [0.5, 0.6) is 0 Å². The van der Waals surface area contributed by atoms with Crippen LogP contribution < -0.4 is 10.2 Å². The number of hydrogen-bond acceptors (Lipinski definition) is 8. The first-order valence-electron chi connectivity index (χ1n) is 11.5. The van der Waals surface area contributed by atoms with Crippen LogP contribution in [0.25, 0.3) is 17.2 Å². The van der Waals surface area contributed by atoms with E-state index < -0.39 is 0 Å². The van der Waals surface area contributed by atoms with Crippen LogP contribution in [0.2, 0.25) is 0 Å². The maximum absolute atomic E-state index is 14.2. The van der Waals surface area contributed by atoms with E-state index in [1.165, 1.54) is 6.07 Å². The first kappa shape index (κ1) is 22.3. The average molecular weight is 466 g/mol. The summed E-state index contributed by atoms with van der Waals surface area (Å²) in [6.45, 7) is 7.64. The van der Waals surface area contributed by atoms with Crippen molar-refractivity contribution < 1.29 is 13.5 Å². The van der Waals surface area contributed by atoms with Crippen LogP contribution in [0.4, 0.5) is 16.0 Å². The fourth-order valence-corrected chi connectivity index (χ4v) is 4.14. The highest BCUT2D eigenvalue weighted by molar-refractivity contribution is 5.58. The van der Waals surface area contributed by atoms with Crippen molar-refractivity contribution in [2.75, 3.05) is 56.2 Å². The molecule has 1 aromatic carbocycles. The van der Waals surface area contributed by atoms with E-state index in [0.29, 0.717) is 49.5 Å². The lowest BCUT2D eigenvalue weighted by atomic mass is 10.2. The Morgan fingerprint density at radius 3 is 2.74 bits per heavy atom. The first-order chi connectivity index (χ1) is 16.7. The number of hydrogen-bond donors (Lipinski definition) is 1. The summed E-state index contributed by atoms with van der Waals surface area (Å²) in [7, 11) is 0. The second kappa shape index (κ2) is 10.2. The Morgan fingerprint density at radius 2 is 1.97 bits per heavy atom. The van der Waals surface area contributed by atoms with E-state index >= 15 is 0 Å². The van der Waals surface area contributed by atoms with Crippen molar-refractivity contribution in [1.82, 2.24) is 24.5 Å². The van der Waals surface area contributed by atoms with Gasteiger partial charge in [0.05, 0.1) is 18.6 Å². The van der Waals surface area contributed by atoms with Crippen molar-refractivity contribution in [2.24, 2.45) is 0 Å². The van der Waals surface area contributed by atoms with Crippen molar-refractivity contribution >= 4 is 17.3 Å². The van der Waals surface area contributed by atoms with Gasteiger partial charge in [-0.2, -0.15) is 4.52 Å².